The molecule has 9 heteroatoms. The number of amides is 2. The van der Waals surface area contributed by atoms with Gasteiger partial charge in [0.05, 0.1) is 25.2 Å². The quantitative estimate of drug-likeness (QED) is 0.525. The molecule has 2 aromatic carbocycles. The summed E-state index contributed by atoms with van der Waals surface area (Å²) in [6, 6.07) is 15.6. The van der Waals surface area contributed by atoms with Gasteiger partial charge in [0.25, 0.3) is 0 Å². The van der Waals surface area contributed by atoms with Crippen LogP contribution in [0.4, 0.5) is 10.5 Å². The summed E-state index contributed by atoms with van der Waals surface area (Å²) in [5, 5.41) is 4.18. The second-order valence-electron chi connectivity index (χ2n) is 9.55. The van der Waals surface area contributed by atoms with Gasteiger partial charge in [-0.2, -0.15) is 9.78 Å². The van der Waals surface area contributed by atoms with Crippen LogP contribution in [0, 0.1) is 11.8 Å². The van der Waals surface area contributed by atoms with Gasteiger partial charge in [0.15, 0.2) is 0 Å². The van der Waals surface area contributed by atoms with Crippen molar-refractivity contribution in [2.75, 3.05) is 45.2 Å². The normalized spacial score (nSPS) is 19.2. The third-order valence-electron chi connectivity index (χ3n) is 7.06. The maximum atomic E-state index is 12.9. The maximum Gasteiger partial charge on any atom is 0.344 e. The predicted octanol–water partition coefficient (Wildman–Crippen LogP) is 3.70. The van der Waals surface area contributed by atoms with Crippen molar-refractivity contribution in [1.82, 2.24) is 19.6 Å². The summed E-state index contributed by atoms with van der Waals surface area (Å²) in [6.45, 7) is 5.75. The topological polar surface area (TPSA) is 80.1 Å². The van der Waals surface area contributed by atoms with E-state index in [1.165, 1.54) is 22.1 Å². The number of nitrogens with zero attached hydrogens (tertiary/aromatic N) is 5. The van der Waals surface area contributed by atoms with Gasteiger partial charge >= 0.3 is 6.03 Å². The summed E-state index contributed by atoms with van der Waals surface area (Å²) < 4.78 is 12.5. The molecule has 1 aromatic heterocycles. The predicted molar refractivity (Wildman–Crippen MR) is 135 cm³/mol. The summed E-state index contributed by atoms with van der Waals surface area (Å²) in [4.78, 5) is 30.3. The Morgan fingerprint density at radius 1 is 1.00 bits per heavy atom. The lowest BCUT2D eigenvalue weighted by atomic mass is 10.0. The molecule has 2 fully saturated rings. The van der Waals surface area contributed by atoms with Crippen molar-refractivity contribution in [2.45, 2.75) is 13.5 Å². The molecule has 3 heterocycles. The molecule has 2 unspecified atom stereocenters. The van der Waals surface area contributed by atoms with E-state index in [1.54, 1.807) is 26.6 Å². The molecule has 2 aliphatic rings. The third kappa shape index (κ3) is 5.06. The summed E-state index contributed by atoms with van der Waals surface area (Å²) >= 11 is 0. The van der Waals surface area contributed by atoms with E-state index < -0.39 is 0 Å². The molecule has 3 aromatic rings. The van der Waals surface area contributed by atoms with E-state index in [-0.39, 0.29) is 11.9 Å². The van der Waals surface area contributed by atoms with Gasteiger partial charge in [0.2, 0.25) is 5.91 Å². The van der Waals surface area contributed by atoms with Crippen molar-refractivity contribution < 1.29 is 19.1 Å². The maximum absolute atomic E-state index is 12.9. The standard InChI is InChI=1S/C27H31N5O4/c1-19(33)29(2)23-12-28-32(18-23)27(34)31-16-21-14-30(15-22(21)17-31)13-20-7-9-24(10-8-20)36-26-6-4-5-25(11-26)35-3/h4-12,18,21-22H,13-17H2,1-3H3. The minimum Gasteiger partial charge on any atom is -0.497 e. The minimum absolute atomic E-state index is 0.100. The van der Waals surface area contributed by atoms with Crippen LogP contribution >= 0.6 is 0 Å². The second kappa shape index (κ2) is 10.0. The molecular formula is C27H31N5O4. The Morgan fingerprint density at radius 2 is 1.69 bits per heavy atom. The van der Waals surface area contributed by atoms with Gasteiger partial charge in [0, 0.05) is 52.8 Å². The van der Waals surface area contributed by atoms with Gasteiger partial charge in [-0.1, -0.05) is 18.2 Å². The molecule has 2 aliphatic heterocycles. The van der Waals surface area contributed by atoms with Crippen LogP contribution < -0.4 is 14.4 Å². The molecule has 9 nitrogen and oxygen atoms in total. The van der Waals surface area contributed by atoms with E-state index in [0.29, 0.717) is 17.5 Å². The van der Waals surface area contributed by atoms with Crippen molar-refractivity contribution in [1.29, 1.82) is 0 Å². The van der Waals surface area contributed by atoms with E-state index in [9.17, 15) is 9.59 Å². The zero-order valence-corrected chi connectivity index (χ0v) is 20.8. The van der Waals surface area contributed by atoms with Gasteiger partial charge in [-0.05, 0) is 41.7 Å². The van der Waals surface area contributed by atoms with Gasteiger partial charge < -0.3 is 19.3 Å². The SMILES string of the molecule is COc1cccc(Oc2ccc(CN3CC4CN(C(=O)n5cc(N(C)C(C)=O)cn5)CC4C3)cc2)c1. The van der Waals surface area contributed by atoms with Crippen molar-refractivity contribution >= 4 is 17.6 Å². The van der Waals surface area contributed by atoms with Crippen molar-refractivity contribution in [2.24, 2.45) is 11.8 Å². The fourth-order valence-electron chi connectivity index (χ4n) is 5.02. The molecular weight excluding hydrogens is 458 g/mol. The Morgan fingerprint density at radius 3 is 2.36 bits per heavy atom. The number of likely N-dealkylation sites (tertiary alicyclic amines) is 2. The number of benzene rings is 2. The zero-order chi connectivity index (χ0) is 25.2. The summed E-state index contributed by atoms with van der Waals surface area (Å²) in [7, 11) is 3.31. The summed E-state index contributed by atoms with van der Waals surface area (Å²) in [5.41, 5.74) is 1.85. The number of hydrogen-bond acceptors (Lipinski definition) is 6. The van der Waals surface area contributed by atoms with E-state index in [4.69, 9.17) is 9.47 Å². The molecule has 188 valence electrons. The van der Waals surface area contributed by atoms with Crippen LogP contribution in [-0.2, 0) is 11.3 Å². The lowest BCUT2D eigenvalue weighted by molar-refractivity contribution is -0.116. The van der Waals surface area contributed by atoms with Crippen LogP contribution in [0.1, 0.15) is 12.5 Å². The Balaban J connectivity index is 1.12. The third-order valence-corrected chi connectivity index (χ3v) is 7.06. The Labute approximate surface area is 210 Å². The Bertz CT molecular complexity index is 1230. The summed E-state index contributed by atoms with van der Waals surface area (Å²) in [6.07, 6.45) is 3.16. The van der Waals surface area contributed by atoms with Crippen LogP contribution in [0.15, 0.2) is 60.9 Å². The Hall–Kier alpha value is -3.85. The van der Waals surface area contributed by atoms with Crippen LogP contribution in [0.2, 0.25) is 0 Å². The first-order chi connectivity index (χ1) is 17.4. The van der Waals surface area contributed by atoms with Crippen LogP contribution in [0.3, 0.4) is 0 Å². The first kappa shape index (κ1) is 23.9. The van der Waals surface area contributed by atoms with Crippen molar-refractivity contribution in [3.8, 4) is 17.2 Å². The van der Waals surface area contributed by atoms with Crippen LogP contribution in [-0.4, -0.2) is 71.9 Å². The number of anilines is 1. The smallest absolute Gasteiger partial charge is 0.344 e. The number of aromatic nitrogens is 2. The summed E-state index contributed by atoms with van der Waals surface area (Å²) in [5.74, 6) is 3.11. The van der Waals surface area contributed by atoms with Gasteiger partial charge in [0.1, 0.15) is 17.2 Å². The lowest BCUT2D eigenvalue weighted by Crippen LogP contribution is -2.36. The number of hydrogen-bond donors (Lipinski definition) is 0. The highest BCUT2D eigenvalue weighted by Crippen LogP contribution is 2.33. The number of ether oxygens (including phenoxy) is 2. The molecule has 2 amide bonds. The highest BCUT2D eigenvalue weighted by atomic mass is 16.5. The minimum atomic E-state index is -0.134. The lowest BCUT2D eigenvalue weighted by Gasteiger charge is -2.21. The highest BCUT2D eigenvalue weighted by Gasteiger charge is 2.42. The number of carbonyl (C=O) groups excluding carboxylic acids is 2. The highest BCUT2D eigenvalue weighted by molar-refractivity contribution is 5.91. The van der Waals surface area contributed by atoms with Gasteiger partial charge in [-0.25, -0.2) is 4.79 Å². The molecule has 5 rings (SSSR count). The molecule has 0 radical (unpaired) electrons. The second-order valence-corrected chi connectivity index (χ2v) is 9.55. The van der Waals surface area contributed by atoms with Crippen molar-refractivity contribution in [3.63, 3.8) is 0 Å². The molecule has 36 heavy (non-hydrogen) atoms. The zero-order valence-electron chi connectivity index (χ0n) is 20.8. The average Bonchev–Trinajstić information content (AvgIpc) is 3.60. The fraction of sp³-hybridized carbons (Fsp3) is 0.370. The van der Waals surface area contributed by atoms with Gasteiger partial charge in [-0.15, -0.1) is 0 Å². The number of methoxy groups -OCH3 is 1. The average molecular weight is 490 g/mol. The Kier molecular flexibility index (Phi) is 6.65. The molecule has 0 bridgehead atoms. The first-order valence-corrected chi connectivity index (χ1v) is 12.1. The fourth-order valence-corrected chi connectivity index (χ4v) is 5.02. The monoisotopic (exact) mass is 489 g/mol. The van der Waals surface area contributed by atoms with E-state index >= 15 is 0 Å². The molecule has 0 aliphatic carbocycles. The van der Waals surface area contributed by atoms with E-state index in [1.807, 2.05) is 41.3 Å². The number of rotatable bonds is 6. The van der Waals surface area contributed by atoms with Crippen molar-refractivity contribution in [3.05, 3.63) is 66.5 Å². The van der Waals surface area contributed by atoms with Crippen LogP contribution in [0.5, 0.6) is 17.2 Å². The molecule has 2 atom stereocenters. The largest absolute Gasteiger partial charge is 0.497 e. The van der Waals surface area contributed by atoms with Crippen LogP contribution in [0.25, 0.3) is 0 Å². The molecule has 0 spiro atoms. The molecule has 0 N–H and O–H groups in total. The number of carbonyl (C=O) groups is 2. The number of fused-ring (bicyclic) bond motifs is 1. The molecule has 2 saturated heterocycles. The first-order valence-electron chi connectivity index (χ1n) is 12.1. The molecule has 0 saturated carbocycles. The van der Waals surface area contributed by atoms with Gasteiger partial charge in [-0.3, -0.25) is 9.69 Å². The van der Waals surface area contributed by atoms with E-state index in [0.717, 1.165) is 50.0 Å². The van der Waals surface area contributed by atoms with E-state index in [2.05, 4.69) is 22.1 Å².